The maximum Gasteiger partial charge on any atom is 0.253 e. The number of aryl methyl sites for hydroxylation is 1. The Morgan fingerprint density at radius 2 is 2.24 bits per heavy atom. The largest absolute Gasteiger partial charge is 0.336 e. The maximum atomic E-state index is 12.2. The molecule has 1 saturated heterocycles. The molecule has 0 saturated carbocycles. The van der Waals surface area contributed by atoms with Gasteiger partial charge in [-0.15, -0.1) is 12.4 Å². The molecule has 2 rings (SSSR count). The Hall–Kier alpha value is -1.06. The Labute approximate surface area is 109 Å². The average Bonchev–Trinajstić information content (AvgIpc) is 2.28. The fourth-order valence-electron chi connectivity index (χ4n) is 2.08. The number of halogens is 1. The molecule has 1 N–H and O–H groups in total. The molecule has 3 nitrogen and oxygen atoms in total. The van der Waals surface area contributed by atoms with Crippen molar-refractivity contribution in [3.8, 4) is 0 Å². The smallest absolute Gasteiger partial charge is 0.253 e. The normalized spacial score (nSPS) is 19.6. The number of carbonyl (C=O) groups excluding carboxylic acids is 1. The first-order valence-corrected chi connectivity index (χ1v) is 5.76. The number of nitrogens with zero attached hydrogens (tertiary/aromatic N) is 1. The minimum Gasteiger partial charge on any atom is -0.336 e. The molecule has 94 valence electrons. The second kappa shape index (κ2) is 6.03. The van der Waals surface area contributed by atoms with E-state index in [0.717, 1.165) is 30.8 Å². The van der Waals surface area contributed by atoms with Gasteiger partial charge in [0, 0.05) is 31.2 Å². The average molecular weight is 255 g/mol. The van der Waals surface area contributed by atoms with E-state index >= 15 is 0 Å². The SMILES string of the molecule is Cc1cccc(C(=O)N2CCN[C@H](C)C2)c1.Cl. The highest BCUT2D eigenvalue weighted by Gasteiger charge is 2.21. The topological polar surface area (TPSA) is 32.3 Å². The number of hydrogen-bond acceptors (Lipinski definition) is 2. The van der Waals surface area contributed by atoms with Crippen LogP contribution in [0.1, 0.15) is 22.8 Å². The van der Waals surface area contributed by atoms with Gasteiger partial charge >= 0.3 is 0 Å². The lowest BCUT2D eigenvalue weighted by molar-refractivity contribution is 0.0709. The van der Waals surface area contributed by atoms with Crippen LogP contribution in [0.3, 0.4) is 0 Å². The first-order valence-electron chi connectivity index (χ1n) is 5.76. The van der Waals surface area contributed by atoms with Crippen molar-refractivity contribution in [2.45, 2.75) is 19.9 Å². The lowest BCUT2D eigenvalue weighted by Crippen LogP contribution is -2.51. The molecule has 0 bridgehead atoms. The van der Waals surface area contributed by atoms with Gasteiger partial charge in [-0.25, -0.2) is 0 Å². The molecule has 0 aliphatic carbocycles. The molecule has 0 unspecified atom stereocenters. The monoisotopic (exact) mass is 254 g/mol. The summed E-state index contributed by atoms with van der Waals surface area (Å²) in [6.45, 7) is 6.61. The number of benzene rings is 1. The standard InChI is InChI=1S/C13H18N2O.ClH/c1-10-4-3-5-12(8-10)13(16)15-7-6-14-11(2)9-15;/h3-5,8,11,14H,6-7,9H2,1-2H3;1H/t11-;/m1./s1. The van der Waals surface area contributed by atoms with Crippen LogP contribution in [0.5, 0.6) is 0 Å². The predicted molar refractivity (Wildman–Crippen MR) is 71.8 cm³/mol. The Morgan fingerprint density at radius 3 is 2.88 bits per heavy atom. The first kappa shape index (κ1) is 14.0. The fourth-order valence-corrected chi connectivity index (χ4v) is 2.08. The van der Waals surface area contributed by atoms with Gasteiger partial charge in [0.1, 0.15) is 0 Å². The number of piperazine rings is 1. The molecule has 0 aromatic heterocycles. The Morgan fingerprint density at radius 1 is 1.47 bits per heavy atom. The molecule has 1 aromatic rings. The van der Waals surface area contributed by atoms with Crippen molar-refractivity contribution in [2.75, 3.05) is 19.6 Å². The van der Waals surface area contributed by atoms with E-state index in [2.05, 4.69) is 12.2 Å². The number of amides is 1. The minimum atomic E-state index is 0. The zero-order chi connectivity index (χ0) is 11.5. The second-order valence-electron chi connectivity index (χ2n) is 4.48. The Bertz CT molecular complexity index is 395. The van der Waals surface area contributed by atoms with Crippen molar-refractivity contribution in [3.63, 3.8) is 0 Å². The van der Waals surface area contributed by atoms with Crippen LogP contribution in [0.25, 0.3) is 0 Å². The maximum absolute atomic E-state index is 12.2. The van der Waals surface area contributed by atoms with Gasteiger partial charge in [-0.1, -0.05) is 17.7 Å². The molecular weight excluding hydrogens is 236 g/mol. The van der Waals surface area contributed by atoms with Crippen LogP contribution >= 0.6 is 12.4 Å². The molecule has 1 atom stereocenters. The zero-order valence-electron chi connectivity index (χ0n) is 10.3. The fraction of sp³-hybridized carbons (Fsp3) is 0.462. The molecular formula is C13H19ClN2O. The summed E-state index contributed by atoms with van der Waals surface area (Å²) in [5.74, 6) is 0.150. The summed E-state index contributed by atoms with van der Waals surface area (Å²) in [5.41, 5.74) is 1.93. The van der Waals surface area contributed by atoms with Gasteiger partial charge in [-0.05, 0) is 26.0 Å². The molecule has 0 spiro atoms. The number of hydrogen-bond donors (Lipinski definition) is 1. The van der Waals surface area contributed by atoms with Crippen molar-refractivity contribution < 1.29 is 4.79 Å². The third kappa shape index (κ3) is 3.45. The number of nitrogens with one attached hydrogen (secondary N) is 1. The van der Waals surface area contributed by atoms with Crippen LogP contribution in [-0.2, 0) is 0 Å². The highest BCUT2D eigenvalue weighted by Crippen LogP contribution is 2.09. The molecule has 1 aliphatic rings. The van der Waals surface area contributed by atoms with E-state index in [1.54, 1.807) is 0 Å². The third-order valence-corrected chi connectivity index (χ3v) is 2.92. The van der Waals surface area contributed by atoms with Crippen molar-refractivity contribution in [2.24, 2.45) is 0 Å². The zero-order valence-corrected chi connectivity index (χ0v) is 11.1. The van der Waals surface area contributed by atoms with Crippen LogP contribution in [0, 0.1) is 6.92 Å². The minimum absolute atomic E-state index is 0. The van der Waals surface area contributed by atoms with E-state index in [9.17, 15) is 4.79 Å². The predicted octanol–water partition coefficient (Wildman–Crippen LogP) is 1.85. The molecule has 0 radical (unpaired) electrons. The quantitative estimate of drug-likeness (QED) is 0.830. The summed E-state index contributed by atoms with van der Waals surface area (Å²) in [4.78, 5) is 14.1. The highest BCUT2D eigenvalue weighted by molar-refractivity contribution is 5.94. The summed E-state index contributed by atoms with van der Waals surface area (Å²) in [7, 11) is 0. The van der Waals surface area contributed by atoms with Gasteiger partial charge in [0.05, 0.1) is 0 Å². The molecule has 4 heteroatoms. The van der Waals surface area contributed by atoms with Crippen LogP contribution in [0.2, 0.25) is 0 Å². The van der Waals surface area contributed by atoms with Crippen molar-refractivity contribution in [1.82, 2.24) is 10.2 Å². The van der Waals surface area contributed by atoms with Gasteiger partial charge in [0.25, 0.3) is 5.91 Å². The Kier molecular flexibility index (Phi) is 4.97. The van der Waals surface area contributed by atoms with Gasteiger partial charge < -0.3 is 10.2 Å². The molecule has 1 aliphatic heterocycles. The highest BCUT2D eigenvalue weighted by atomic mass is 35.5. The molecule has 1 amide bonds. The van der Waals surface area contributed by atoms with Gasteiger partial charge in [0.15, 0.2) is 0 Å². The Balaban J connectivity index is 0.00000144. The lowest BCUT2D eigenvalue weighted by Gasteiger charge is -2.32. The number of carbonyl (C=O) groups is 1. The van der Waals surface area contributed by atoms with Gasteiger partial charge in [-0.3, -0.25) is 4.79 Å². The number of rotatable bonds is 1. The summed E-state index contributed by atoms with van der Waals surface area (Å²) in [6.07, 6.45) is 0. The van der Waals surface area contributed by atoms with Crippen LogP contribution in [0.4, 0.5) is 0 Å². The van der Waals surface area contributed by atoms with E-state index in [1.165, 1.54) is 0 Å². The van der Waals surface area contributed by atoms with Crippen molar-refractivity contribution in [1.29, 1.82) is 0 Å². The van der Waals surface area contributed by atoms with E-state index in [0.29, 0.717) is 6.04 Å². The summed E-state index contributed by atoms with van der Waals surface area (Å²) < 4.78 is 0. The van der Waals surface area contributed by atoms with Crippen molar-refractivity contribution >= 4 is 18.3 Å². The van der Waals surface area contributed by atoms with E-state index in [-0.39, 0.29) is 18.3 Å². The summed E-state index contributed by atoms with van der Waals surface area (Å²) in [6, 6.07) is 8.19. The van der Waals surface area contributed by atoms with Gasteiger partial charge in [0.2, 0.25) is 0 Å². The van der Waals surface area contributed by atoms with E-state index in [4.69, 9.17) is 0 Å². The molecule has 1 heterocycles. The van der Waals surface area contributed by atoms with Crippen molar-refractivity contribution in [3.05, 3.63) is 35.4 Å². The lowest BCUT2D eigenvalue weighted by atomic mass is 10.1. The van der Waals surface area contributed by atoms with Crippen LogP contribution < -0.4 is 5.32 Å². The van der Waals surface area contributed by atoms with E-state index in [1.807, 2.05) is 36.1 Å². The second-order valence-corrected chi connectivity index (χ2v) is 4.48. The molecule has 1 aromatic carbocycles. The first-order chi connectivity index (χ1) is 7.66. The molecule has 17 heavy (non-hydrogen) atoms. The third-order valence-electron chi connectivity index (χ3n) is 2.92. The summed E-state index contributed by atoms with van der Waals surface area (Å²) in [5, 5.41) is 3.34. The van der Waals surface area contributed by atoms with Crippen LogP contribution in [-0.4, -0.2) is 36.5 Å². The van der Waals surface area contributed by atoms with Crippen LogP contribution in [0.15, 0.2) is 24.3 Å². The molecule has 1 fully saturated rings. The van der Waals surface area contributed by atoms with Gasteiger partial charge in [-0.2, -0.15) is 0 Å². The van der Waals surface area contributed by atoms with E-state index < -0.39 is 0 Å². The summed E-state index contributed by atoms with van der Waals surface area (Å²) >= 11 is 0.